The van der Waals surface area contributed by atoms with Crippen LogP contribution in [0, 0.1) is 17.2 Å². The molecule has 0 aliphatic carbocycles. The zero-order chi connectivity index (χ0) is 14.5. The van der Waals surface area contributed by atoms with Gasteiger partial charge in [-0.05, 0) is 43.5 Å². The van der Waals surface area contributed by atoms with Crippen LogP contribution in [0.1, 0.15) is 32.3 Å². The first kappa shape index (κ1) is 15.3. The first-order valence-corrected chi connectivity index (χ1v) is 8.07. The summed E-state index contributed by atoms with van der Waals surface area (Å²) in [6, 6.07) is 8.77. The van der Waals surface area contributed by atoms with Crippen LogP contribution in [0.2, 0.25) is 0 Å². The van der Waals surface area contributed by atoms with Gasteiger partial charge < -0.3 is 10.2 Å². The molecule has 1 aliphatic heterocycles. The first-order valence-electron chi connectivity index (χ1n) is 7.27. The van der Waals surface area contributed by atoms with Crippen molar-refractivity contribution in [3.8, 4) is 6.07 Å². The molecule has 1 atom stereocenters. The second-order valence-electron chi connectivity index (χ2n) is 5.90. The van der Waals surface area contributed by atoms with Gasteiger partial charge in [0.1, 0.15) is 0 Å². The minimum atomic E-state index is 0.568. The second-order valence-corrected chi connectivity index (χ2v) is 6.82. The molecule has 1 heterocycles. The average Bonchev–Trinajstić information content (AvgIpc) is 2.89. The number of nitriles is 1. The molecule has 1 N–H and O–H groups in total. The molecule has 1 aliphatic rings. The lowest BCUT2D eigenvalue weighted by Crippen LogP contribution is -2.39. The van der Waals surface area contributed by atoms with E-state index < -0.39 is 0 Å². The van der Waals surface area contributed by atoms with E-state index in [1.165, 1.54) is 12.8 Å². The fourth-order valence-electron chi connectivity index (χ4n) is 2.73. The number of hydrogen-bond acceptors (Lipinski definition) is 3. The van der Waals surface area contributed by atoms with Gasteiger partial charge in [-0.25, -0.2) is 0 Å². The molecule has 20 heavy (non-hydrogen) atoms. The van der Waals surface area contributed by atoms with Gasteiger partial charge in [-0.3, -0.25) is 0 Å². The first-order chi connectivity index (χ1) is 9.58. The van der Waals surface area contributed by atoms with Crippen LogP contribution in [0.3, 0.4) is 0 Å². The predicted octanol–water partition coefficient (Wildman–Crippen LogP) is 3.54. The van der Waals surface area contributed by atoms with E-state index in [-0.39, 0.29) is 0 Å². The van der Waals surface area contributed by atoms with Crippen LogP contribution in [0.15, 0.2) is 22.7 Å². The van der Waals surface area contributed by atoms with E-state index in [0.717, 1.165) is 29.8 Å². The van der Waals surface area contributed by atoms with Crippen LogP contribution in [0.5, 0.6) is 0 Å². The van der Waals surface area contributed by atoms with Crippen molar-refractivity contribution < 1.29 is 0 Å². The summed E-state index contributed by atoms with van der Waals surface area (Å²) in [6.07, 6.45) is 2.51. The molecule has 1 unspecified atom stereocenters. The molecule has 0 aromatic heterocycles. The van der Waals surface area contributed by atoms with E-state index in [1.54, 1.807) is 0 Å². The monoisotopic (exact) mass is 335 g/mol. The summed E-state index contributed by atoms with van der Waals surface area (Å²) in [4.78, 5) is 2.40. The lowest BCUT2D eigenvalue weighted by Gasteiger charge is -2.30. The fourth-order valence-corrected chi connectivity index (χ4v) is 3.21. The van der Waals surface area contributed by atoms with Crippen molar-refractivity contribution in [2.45, 2.75) is 32.7 Å². The zero-order valence-corrected chi connectivity index (χ0v) is 13.8. The van der Waals surface area contributed by atoms with Crippen LogP contribution in [-0.2, 0) is 0 Å². The summed E-state index contributed by atoms with van der Waals surface area (Å²) in [7, 11) is 0. The Bertz CT molecular complexity index is 487. The number of hydrogen-bond donors (Lipinski definition) is 1. The van der Waals surface area contributed by atoms with Gasteiger partial charge in [0.15, 0.2) is 0 Å². The van der Waals surface area contributed by atoms with E-state index >= 15 is 0 Å². The summed E-state index contributed by atoms with van der Waals surface area (Å²) in [5.74, 6) is 0.598. The molecule has 0 bridgehead atoms. The van der Waals surface area contributed by atoms with Crippen molar-refractivity contribution in [1.29, 1.82) is 5.26 Å². The van der Waals surface area contributed by atoms with Gasteiger partial charge in [0.25, 0.3) is 0 Å². The number of nitrogens with zero attached hydrogens (tertiary/aromatic N) is 2. The summed E-state index contributed by atoms with van der Waals surface area (Å²) in [5.41, 5.74) is 1.85. The number of benzene rings is 1. The standard InChI is InChI=1S/C16H22BrN3/c1-12(2)10-20(11-15-4-3-5-19-15)16-7-13(9-18)6-14(17)8-16/h6-8,12,15,19H,3-5,10-11H2,1-2H3. The molecule has 0 amide bonds. The Labute approximate surface area is 130 Å². The quantitative estimate of drug-likeness (QED) is 0.894. The Balaban J connectivity index is 2.20. The minimum Gasteiger partial charge on any atom is -0.370 e. The maximum atomic E-state index is 9.13. The molecule has 1 fully saturated rings. The highest BCUT2D eigenvalue weighted by molar-refractivity contribution is 9.10. The zero-order valence-electron chi connectivity index (χ0n) is 12.2. The minimum absolute atomic E-state index is 0.568. The molecule has 0 saturated carbocycles. The van der Waals surface area contributed by atoms with Crippen LogP contribution in [0.25, 0.3) is 0 Å². The molecular formula is C16H22BrN3. The smallest absolute Gasteiger partial charge is 0.0992 e. The number of nitrogens with one attached hydrogen (secondary N) is 1. The van der Waals surface area contributed by atoms with E-state index in [2.05, 4.69) is 52.1 Å². The third-order valence-electron chi connectivity index (χ3n) is 3.57. The van der Waals surface area contributed by atoms with Crippen LogP contribution in [0.4, 0.5) is 5.69 Å². The fraction of sp³-hybridized carbons (Fsp3) is 0.562. The lowest BCUT2D eigenvalue weighted by atomic mass is 10.1. The van der Waals surface area contributed by atoms with Crippen molar-refractivity contribution >= 4 is 21.6 Å². The Morgan fingerprint density at radius 3 is 2.85 bits per heavy atom. The molecule has 2 rings (SSSR count). The van der Waals surface area contributed by atoms with Gasteiger partial charge >= 0.3 is 0 Å². The van der Waals surface area contributed by atoms with Crippen LogP contribution < -0.4 is 10.2 Å². The molecular weight excluding hydrogens is 314 g/mol. The van der Waals surface area contributed by atoms with Crippen molar-refractivity contribution in [1.82, 2.24) is 5.32 Å². The van der Waals surface area contributed by atoms with Crippen molar-refractivity contribution in [2.24, 2.45) is 5.92 Å². The molecule has 1 saturated heterocycles. The summed E-state index contributed by atoms with van der Waals surface area (Å²) in [5, 5.41) is 12.7. The molecule has 1 aromatic carbocycles. The molecule has 1 aromatic rings. The Morgan fingerprint density at radius 2 is 2.25 bits per heavy atom. The summed E-state index contributed by atoms with van der Waals surface area (Å²) < 4.78 is 0.972. The van der Waals surface area contributed by atoms with Crippen molar-refractivity contribution in [3.63, 3.8) is 0 Å². The highest BCUT2D eigenvalue weighted by Crippen LogP contribution is 2.24. The third-order valence-corrected chi connectivity index (χ3v) is 4.02. The van der Waals surface area contributed by atoms with E-state index in [9.17, 15) is 0 Å². The summed E-state index contributed by atoms with van der Waals surface area (Å²) in [6.45, 7) is 7.62. The highest BCUT2D eigenvalue weighted by Gasteiger charge is 2.19. The van der Waals surface area contributed by atoms with Gasteiger partial charge in [0, 0.05) is 29.3 Å². The highest BCUT2D eigenvalue weighted by atomic mass is 79.9. The second kappa shape index (κ2) is 7.10. The molecule has 108 valence electrons. The van der Waals surface area contributed by atoms with Gasteiger partial charge in [-0.1, -0.05) is 29.8 Å². The molecule has 0 radical (unpaired) electrons. The molecule has 3 nitrogen and oxygen atoms in total. The molecule has 0 spiro atoms. The Kier molecular flexibility index (Phi) is 5.45. The van der Waals surface area contributed by atoms with E-state index in [0.29, 0.717) is 17.5 Å². The maximum absolute atomic E-state index is 9.13. The van der Waals surface area contributed by atoms with Gasteiger partial charge in [-0.2, -0.15) is 5.26 Å². The SMILES string of the molecule is CC(C)CN(CC1CCCN1)c1cc(Br)cc(C#N)c1. The molecule has 4 heteroatoms. The van der Waals surface area contributed by atoms with E-state index in [1.807, 2.05) is 12.1 Å². The third kappa shape index (κ3) is 4.22. The van der Waals surface area contributed by atoms with Gasteiger partial charge in [-0.15, -0.1) is 0 Å². The predicted molar refractivity (Wildman–Crippen MR) is 86.9 cm³/mol. The lowest BCUT2D eigenvalue weighted by molar-refractivity contribution is 0.541. The normalized spacial score (nSPS) is 18.2. The summed E-state index contributed by atoms with van der Waals surface area (Å²) >= 11 is 3.51. The topological polar surface area (TPSA) is 39.1 Å². The largest absolute Gasteiger partial charge is 0.370 e. The number of halogens is 1. The average molecular weight is 336 g/mol. The van der Waals surface area contributed by atoms with Crippen LogP contribution in [-0.4, -0.2) is 25.7 Å². The van der Waals surface area contributed by atoms with Crippen LogP contribution >= 0.6 is 15.9 Å². The van der Waals surface area contributed by atoms with Crippen molar-refractivity contribution in [3.05, 3.63) is 28.2 Å². The van der Waals surface area contributed by atoms with Gasteiger partial charge in [0.2, 0.25) is 0 Å². The van der Waals surface area contributed by atoms with E-state index in [4.69, 9.17) is 5.26 Å². The van der Waals surface area contributed by atoms with Crippen molar-refractivity contribution in [2.75, 3.05) is 24.5 Å². The maximum Gasteiger partial charge on any atom is 0.0992 e. The number of anilines is 1. The van der Waals surface area contributed by atoms with Gasteiger partial charge in [0.05, 0.1) is 11.6 Å². The Hall–Kier alpha value is -1.05. The Morgan fingerprint density at radius 1 is 1.45 bits per heavy atom. The number of rotatable bonds is 5.